The van der Waals surface area contributed by atoms with Crippen molar-refractivity contribution < 1.29 is 0 Å². The van der Waals surface area contributed by atoms with Crippen LogP contribution in [0, 0.1) is 23.7 Å². The highest BCUT2D eigenvalue weighted by Crippen LogP contribution is 2.72. The van der Waals surface area contributed by atoms with Gasteiger partial charge in [-0.25, -0.2) is 4.98 Å². The highest BCUT2D eigenvalue weighted by Gasteiger charge is 2.66. The molecule has 0 radical (unpaired) electrons. The standard InChI is InChI=1S/C16H23N5/c1-3-4-10-13-15(20(2)19-10)21(16(17)18-13)14-11-8-5-6-9(7-8)12(11)14/h8-9,11-12,14H,3-7H2,1-2H3,(H2,17,18). The summed E-state index contributed by atoms with van der Waals surface area (Å²) >= 11 is 0. The van der Waals surface area contributed by atoms with Crippen molar-refractivity contribution >= 4 is 17.1 Å². The van der Waals surface area contributed by atoms with Gasteiger partial charge in [-0.2, -0.15) is 5.10 Å². The van der Waals surface area contributed by atoms with Gasteiger partial charge in [0.15, 0.2) is 5.65 Å². The fourth-order valence-corrected chi connectivity index (χ4v) is 5.54. The maximum atomic E-state index is 6.30. The molecular weight excluding hydrogens is 262 g/mol. The first-order valence-electron chi connectivity index (χ1n) is 8.40. The maximum absolute atomic E-state index is 6.30. The third-order valence-electron chi connectivity index (χ3n) is 6.24. The first-order chi connectivity index (χ1) is 10.2. The number of nitrogens with zero attached hydrogens (tertiary/aromatic N) is 4. The molecule has 5 rings (SSSR count). The zero-order valence-electron chi connectivity index (χ0n) is 12.8. The Labute approximate surface area is 124 Å². The van der Waals surface area contributed by atoms with Crippen LogP contribution in [0.15, 0.2) is 0 Å². The van der Waals surface area contributed by atoms with Gasteiger partial charge in [0.05, 0.1) is 5.69 Å². The molecule has 0 amide bonds. The van der Waals surface area contributed by atoms with E-state index in [0.717, 1.165) is 53.4 Å². The second kappa shape index (κ2) is 3.81. The molecular formula is C16H23N5. The summed E-state index contributed by atoms with van der Waals surface area (Å²) in [6, 6.07) is 0.603. The normalized spacial score (nSPS) is 36.6. The lowest BCUT2D eigenvalue weighted by Crippen LogP contribution is -2.10. The van der Waals surface area contributed by atoms with Gasteiger partial charge in [-0.05, 0) is 49.4 Å². The lowest BCUT2D eigenvalue weighted by atomic mass is 10.0. The van der Waals surface area contributed by atoms with Gasteiger partial charge in [0.25, 0.3) is 0 Å². The molecule has 2 aromatic heterocycles. The summed E-state index contributed by atoms with van der Waals surface area (Å²) in [6.07, 6.45) is 6.42. The van der Waals surface area contributed by atoms with Crippen LogP contribution in [0.3, 0.4) is 0 Å². The number of nitrogens with two attached hydrogens (primary N) is 1. The van der Waals surface area contributed by atoms with Crippen molar-refractivity contribution in [2.45, 2.75) is 45.1 Å². The van der Waals surface area contributed by atoms with E-state index >= 15 is 0 Å². The van der Waals surface area contributed by atoms with Crippen LogP contribution in [0.5, 0.6) is 0 Å². The smallest absolute Gasteiger partial charge is 0.202 e. The number of hydrogen-bond acceptors (Lipinski definition) is 3. The van der Waals surface area contributed by atoms with Gasteiger partial charge in [-0.3, -0.25) is 9.25 Å². The molecule has 0 aliphatic heterocycles. The molecule has 3 aliphatic rings. The van der Waals surface area contributed by atoms with Crippen LogP contribution >= 0.6 is 0 Å². The number of rotatable bonds is 3. The van der Waals surface area contributed by atoms with Crippen molar-refractivity contribution in [2.75, 3.05) is 5.73 Å². The van der Waals surface area contributed by atoms with Gasteiger partial charge in [0.1, 0.15) is 5.52 Å². The van der Waals surface area contributed by atoms with Crippen LogP contribution in [0.25, 0.3) is 11.2 Å². The van der Waals surface area contributed by atoms with Crippen LogP contribution in [-0.4, -0.2) is 19.3 Å². The molecule has 3 fully saturated rings. The molecule has 21 heavy (non-hydrogen) atoms. The fourth-order valence-electron chi connectivity index (χ4n) is 5.54. The molecule has 2 bridgehead atoms. The van der Waals surface area contributed by atoms with E-state index in [4.69, 9.17) is 5.73 Å². The van der Waals surface area contributed by atoms with Crippen LogP contribution in [0.1, 0.15) is 44.3 Å². The zero-order valence-corrected chi connectivity index (χ0v) is 12.8. The number of fused-ring (bicyclic) bond motifs is 6. The number of nitrogen functional groups attached to an aromatic ring is 1. The van der Waals surface area contributed by atoms with E-state index in [9.17, 15) is 0 Å². The van der Waals surface area contributed by atoms with Gasteiger partial charge >= 0.3 is 0 Å². The molecule has 112 valence electrons. The maximum Gasteiger partial charge on any atom is 0.202 e. The van der Waals surface area contributed by atoms with Crippen LogP contribution in [0.2, 0.25) is 0 Å². The van der Waals surface area contributed by atoms with Crippen LogP contribution in [0.4, 0.5) is 5.95 Å². The Morgan fingerprint density at radius 2 is 1.95 bits per heavy atom. The van der Waals surface area contributed by atoms with Crippen molar-refractivity contribution in [1.82, 2.24) is 19.3 Å². The Bertz CT molecular complexity index is 711. The van der Waals surface area contributed by atoms with Crippen molar-refractivity contribution in [3.8, 4) is 0 Å². The lowest BCUT2D eigenvalue weighted by Gasteiger charge is -2.12. The Kier molecular flexibility index (Phi) is 2.19. The van der Waals surface area contributed by atoms with Gasteiger partial charge in [-0.1, -0.05) is 13.3 Å². The van der Waals surface area contributed by atoms with Gasteiger partial charge in [0, 0.05) is 13.1 Å². The second-order valence-electron chi connectivity index (χ2n) is 7.31. The third kappa shape index (κ3) is 1.37. The molecule has 0 saturated heterocycles. The largest absolute Gasteiger partial charge is 0.369 e. The number of anilines is 1. The number of imidazole rings is 1. The molecule has 4 unspecified atom stereocenters. The van der Waals surface area contributed by atoms with Crippen molar-refractivity contribution in [3.05, 3.63) is 5.69 Å². The summed E-state index contributed by atoms with van der Waals surface area (Å²) in [4.78, 5) is 4.67. The summed E-state index contributed by atoms with van der Waals surface area (Å²) in [7, 11) is 2.03. The summed E-state index contributed by atoms with van der Waals surface area (Å²) in [5, 5.41) is 4.68. The van der Waals surface area contributed by atoms with E-state index in [2.05, 4.69) is 21.6 Å². The lowest BCUT2D eigenvalue weighted by molar-refractivity contribution is 0.456. The molecule has 5 nitrogen and oxygen atoms in total. The highest BCUT2D eigenvalue weighted by atomic mass is 15.4. The van der Waals surface area contributed by atoms with Crippen LogP contribution in [-0.2, 0) is 13.5 Å². The average Bonchev–Trinajstić information content (AvgIpc) is 2.83. The zero-order chi connectivity index (χ0) is 14.3. The van der Waals surface area contributed by atoms with E-state index < -0.39 is 0 Å². The summed E-state index contributed by atoms with van der Waals surface area (Å²) < 4.78 is 4.32. The average molecular weight is 285 g/mol. The molecule has 2 N–H and O–H groups in total. The topological polar surface area (TPSA) is 61.7 Å². The van der Waals surface area contributed by atoms with E-state index in [1.165, 1.54) is 19.3 Å². The number of hydrogen-bond donors (Lipinski definition) is 1. The van der Waals surface area contributed by atoms with Gasteiger partial charge < -0.3 is 5.73 Å². The predicted octanol–water partition coefficient (Wildman–Crippen LogP) is 2.52. The second-order valence-corrected chi connectivity index (χ2v) is 7.31. The van der Waals surface area contributed by atoms with Crippen molar-refractivity contribution in [2.24, 2.45) is 30.7 Å². The monoisotopic (exact) mass is 285 g/mol. The van der Waals surface area contributed by atoms with E-state index in [-0.39, 0.29) is 0 Å². The minimum atomic E-state index is 0.603. The van der Waals surface area contributed by atoms with Crippen LogP contribution < -0.4 is 5.73 Å². The highest BCUT2D eigenvalue weighted by molar-refractivity contribution is 5.78. The molecule has 5 heteroatoms. The Balaban J connectivity index is 1.63. The Hall–Kier alpha value is -1.52. The molecule has 0 spiro atoms. The van der Waals surface area contributed by atoms with E-state index in [0.29, 0.717) is 12.0 Å². The molecule has 3 aliphatic carbocycles. The van der Waals surface area contributed by atoms with Gasteiger partial charge in [0.2, 0.25) is 5.95 Å². The summed E-state index contributed by atoms with van der Waals surface area (Å²) in [6.45, 7) is 2.18. The predicted molar refractivity (Wildman–Crippen MR) is 81.8 cm³/mol. The van der Waals surface area contributed by atoms with Crippen molar-refractivity contribution in [3.63, 3.8) is 0 Å². The Morgan fingerprint density at radius 3 is 2.62 bits per heavy atom. The minimum Gasteiger partial charge on any atom is -0.369 e. The quantitative estimate of drug-likeness (QED) is 0.942. The SMILES string of the molecule is CCCc1nn(C)c2c1nc(N)n2C1C2C3CCC(C3)C21. The molecule has 2 heterocycles. The number of aromatic nitrogens is 4. The number of aryl methyl sites for hydroxylation is 2. The molecule has 2 aromatic rings. The Morgan fingerprint density at radius 1 is 1.24 bits per heavy atom. The fraction of sp³-hybridized carbons (Fsp3) is 0.750. The minimum absolute atomic E-state index is 0.603. The van der Waals surface area contributed by atoms with Crippen molar-refractivity contribution in [1.29, 1.82) is 0 Å². The summed E-state index contributed by atoms with van der Waals surface area (Å²) in [5.41, 5.74) is 9.59. The van der Waals surface area contributed by atoms with E-state index in [1.807, 2.05) is 11.7 Å². The summed E-state index contributed by atoms with van der Waals surface area (Å²) in [5.74, 6) is 4.34. The molecule has 0 aromatic carbocycles. The first-order valence-corrected chi connectivity index (χ1v) is 8.40. The van der Waals surface area contributed by atoms with E-state index in [1.54, 1.807) is 0 Å². The molecule has 3 saturated carbocycles. The van der Waals surface area contributed by atoms with Gasteiger partial charge in [-0.15, -0.1) is 0 Å². The first kappa shape index (κ1) is 12.1. The molecule has 4 atom stereocenters. The third-order valence-corrected chi connectivity index (χ3v) is 6.24.